The van der Waals surface area contributed by atoms with E-state index in [1.165, 1.54) is 6.92 Å². The molecule has 1 aromatic heterocycles. The number of rotatable bonds is 6. The molecule has 0 fully saturated rings. The Bertz CT molecular complexity index is 1400. The maximum Gasteiger partial charge on any atom is 0.234 e. The average Bonchev–Trinajstić information content (AvgIpc) is 2.83. The molecule has 3 aromatic rings. The number of nitriles is 1. The molecule has 2 N–H and O–H groups in total. The van der Waals surface area contributed by atoms with Crippen LogP contribution in [-0.4, -0.2) is 33.1 Å². The third kappa shape index (κ3) is 5.68. The lowest BCUT2D eigenvalue weighted by Gasteiger charge is -2.43. The highest BCUT2D eigenvalue weighted by Crippen LogP contribution is 2.49. The minimum Gasteiger partial charge on any atom is -0.389 e. The number of anilines is 1. The fourth-order valence-corrected chi connectivity index (χ4v) is 6.23. The van der Waals surface area contributed by atoms with Crippen molar-refractivity contribution in [1.82, 2.24) is 4.98 Å². The predicted octanol–water partition coefficient (Wildman–Crippen LogP) is 5.94. The van der Waals surface area contributed by atoms with Gasteiger partial charge in [0.2, 0.25) is 5.91 Å². The number of thioether (sulfide) groups is 1. The summed E-state index contributed by atoms with van der Waals surface area (Å²) < 4.78 is 0. The van der Waals surface area contributed by atoms with Crippen LogP contribution < -0.4 is 5.32 Å². The first-order valence-corrected chi connectivity index (χ1v) is 13.4. The number of pyridine rings is 1. The van der Waals surface area contributed by atoms with Crippen molar-refractivity contribution < 1.29 is 14.7 Å². The zero-order valence-electron chi connectivity index (χ0n) is 20.5. The Kier molecular flexibility index (Phi) is 7.96. The van der Waals surface area contributed by atoms with Gasteiger partial charge in [0.1, 0.15) is 16.9 Å². The van der Waals surface area contributed by atoms with Crippen LogP contribution >= 0.6 is 35.0 Å². The molecule has 1 heterocycles. The number of benzene rings is 2. The quantitative estimate of drug-likeness (QED) is 0.366. The van der Waals surface area contributed by atoms with E-state index in [4.69, 9.17) is 28.2 Å². The largest absolute Gasteiger partial charge is 0.389 e. The van der Waals surface area contributed by atoms with E-state index >= 15 is 0 Å². The highest BCUT2D eigenvalue weighted by atomic mass is 35.5. The van der Waals surface area contributed by atoms with Gasteiger partial charge in [-0.1, -0.05) is 47.1 Å². The van der Waals surface area contributed by atoms with Crippen LogP contribution in [-0.2, 0) is 16.0 Å². The van der Waals surface area contributed by atoms with E-state index in [1.807, 2.05) is 19.1 Å². The lowest BCUT2D eigenvalue weighted by molar-refractivity contribution is -0.130. The molecule has 0 saturated carbocycles. The van der Waals surface area contributed by atoms with E-state index in [0.717, 1.165) is 22.9 Å². The number of fused-ring (bicyclic) bond motifs is 1. The van der Waals surface area contributed by atoms with Gasteiger partial charge in [-0.05, 0) is 73.9 Å². The zero-order chi connectivity index (χ0) is 26.9. The van der Waals surface area contributed by atoms with Crippen molar-refractivity contribution in [3.8, 4) is 6.07 Å². The Hall–Kier alpha value is -2.89. The third-order valence-corrected chi connectivity index (χ3v) is 8.07. The number of amides is 1. The van der Waals surface area contributed by atoms with E-state index in [9.17, 15) is 20.0 Å². The van der Waals surface area contributed by atoms with Crippen molar-refractivity contribution in [2.24, 2.45) is 5.92 Å². The molecule has 2 aromatic carbocycles. The summed E-state index contributed by atoms with van der Waals surface area (Å²) in [5, 5.41) is 26.0. The summed E-state index contributed by atoms with van der Waals surface area (Å²) in [5.41, 5.74) is 2.40. The Morgan fingerprint density at radius 1 is 1.16 bits per heavy atom. The van der Waals surface area contributed by atoms with E-state index in [0.29, 0.717) is 37.6 Å². The number of carbonyl (C=O) groups is 2. The maximum atomic E-state index is 12.8. The van der Waals surface area contributed by atoms with Gasteiger partial charge in [-0.25, -0.2) is 4.98 Å². The van der Waals surface area contributed by atoms with Gasteiger partial charge in [0, 0.05) is 33.8 Å². The second-order valence-electron chi connectivity index (χ2n) is 9.38. The molecule has 190 valence electrons. The number of hydrogen-bond donors (Lipinski definition) is 2. The van der Waals surface area contributed by atoms with Crippen LogP contribution in [0.15, 0.2) is 53.6 Å². The molecule has 0 radical (unpaired) electrons. The highest BCUT2D eigenvalue weighted by molar-refractivity contribution is 8.00. The number of nitrogens with zero attached hydrogens (tertiary/aromatic N) is 2. The molecule has 1 aliphatic carbocycles. The van der Waals surface area contributed by atoms with Crippen LogP contribution in [0.5, 0.6) is 0 Å². The molecule has 4 rings (SSSR count). The van der Waals surface area contributed by atoms with Gasteiger partial charge < -0.3 is 10.4 Å². The number of hydrogen-bond acceptors (Lipinski definition) is 6. The van der Waals surface area contributed by atoms with Crippen LogP contribution in [0.1, 0.15) is 47.7 Å². The van der Waals surface area contributed by atoms with E-state index in [-0.39, 0.29) is 23.9 Å². The number of aliphatic hydroxyl groups is 1. The highest BCUT2D eigenvalue weighted by Gasteiger charge is 2.48. The molecule has 37 heavy (non-hydrogen) atoms. The van der Waals surface area contributed by atoms with Crippen molar-refractivity contribution in [1.29, 1.82) is 5.26 Å². The first-order chi connectivity index (χ1) is 17.5. The van der Waals surface area contributed by atoms with Gasteiger partial charge in [-0.3, -0.25) is 9.59 Å². The van der Waals surface area contributed by atoms with Gasteiger partial charge in [-0.2, -0.15) is 5.26 Å². The number of aromatic nitrogens is 1. The molecule has 0 spiro atoms. The van der Waals surface area contributed by atoms with Crippen molar-refractivity contribution in [2.75, 3.05) is 11.1 Å². The Morgan fingerprint density at radius 2 is 1.76 bits per heavy atom. The fraction of sp³-hybridized carbons (Fsp3) is 0.286. The summed E-state index contributed by atoms with van der Waals surface area (Å²) in [6.45, 7) is 4.94. The third-order valence-electron chi connectivity index (χ3n) is 6.60. The molecule has 6 nitrogen and oxygen atoms in total. The number of carbonyl (C=O) groups excluding carboxylic acids is 2. The van der Waals surface area contributed by atoms with Gasteiger partial charge >= 0.3 is 0 Å². The van der Waals surface area contributed by atoms with Crippen LogP contribution in [0.25, 0.3) is 0 Å². The minimum absolute atomic E-state index is 0.0373. The standard InChI is InChI=1S/C28H25Cl2N3O3S/c1-15-24-21(12-28(3,36)26(16(2)34)25(24)17-4-6-18(29)7-5-17)22(13-31)27(32-15)37-14-23(35)33-20-10-8-19(30)9-11-20/h4-11,25-26,36H,12,14H2,1-3H3,(H,33,35)/t25-,26+,28-/m0/s1. The SMILES string of the molecule is CC(=O)[C@@H]1[C@@H](c2ccc(Cl)cc2)c2c(C)nc(SCC(=O)Nc3ccc(Cl)cc3)c(C#N)c2C[C@]1(C)O. The van der Waals surface area contributed by atoms with E-state index < -0.39 is 17.4 Å². The number of aryl methyl sites for hydroxylation is 1. The molecular weight excluding hydrogens is 529 g/mol. The Morgan fingerprint density at radius 3 is 2.32 bits per heavy atom. The van der Waals surface area contributed by atoms with Gasteiger partial charge in [0.05, 0.1) is 22.8 Å². The summed E-state index contributed by atoms with van der Waals surface area (Å²) in [5.74, 6) is -1.59. The maximum absolute atomic E-state index is 12.8. The van der Waals surface area contributed by atoms with Crippen LogP contribution in [0.2, 0.25) is 10.0 Å². The zero-order valence-corrected chi connectivity index (χ0v) is 22.8. The Labute approximate surface area is 230 Å². The fourth-order valence-electron chi connectivity index (χ4n) is 5.13. The molecule has 1 aliphatic rings. The topological polar surface area (TPSA) is 103 Å². The summed E-state index contributed by atoms with van der Waals surface area (Å²) in [7, 11) is 0. The molecule has 0 saturated heterocycles. The summed E-state index contributed by atoms with van der Waals surface area (Å²) in [6, 6.07) is 16.2. The molecule has 3 atom stereocenters. The second kappa shape index (κ2) is 10.8. The molecule has 9 heteroatoms. The van der Waals surface area contributed by atoms with E-state index in [1.54, 1.807) is 43.3 Å². The normalized spacial score (nSPS) is 20.6. The number of nitrogens with one attached hydrogen (secondary N) is 1. The van der Waals surface area contributed by atoms with Crippen LogP contribution in [0, 0.1) is 24.2 Å². The van der Waals surface area contributed by atoms with E-state index in [2.05, 4.69) is 11.4 Å². The lowest BCUT2D eigenvalue weighted by atomic mass is 9.62. The van der Waals surface area contributed by atoms with Gasteiger partial charge in [0.25, 0.3) is 0 Å². The Balaban J connectivity index is 1.73. The summed E-state index contributed by atoms with van der Waals surface area (Å²) in [6.07, 6.45) is 0.119. The van der Waals surface area contributed by atoms with Gasteiger partial charge in [-0.15, -0.1) is 0 Å². The number of Topliss-reactive ketones (excluding diaryl/α,β-unsaturated/α-hetero) is 1. The second-order valence-corrected chi connectivity index (χ2v) is 11.2. The van der Waals surface area contributed by atoms with Crippen molar-refractivity contribution in [3.63, 3.8) is 0 Å². The smallest absolute Gasteiger partial charge is 0.234 e. The van der Waals surface area contributed by atoms with Crippen LogP contribution in [0.4, 0.5) is 5.69 Å². The van der Waals surface area contributed by atoms with Crippen molar-refractivity contribution >= 4 is 52.3 Å². The molecule has 0 bridgehead atoms. The monoisotopic (exact) mass is 553 g/mol. The predicted molar refractivity (Wildman–Crippen MR) is 146 cm³/mol. The van der Waals surface area contributed by atoms with Gasteiger partial charge in [0.15, 0.2) is 0 Å². The van der Waals surface area contributed by atoms with Crippen LogP contribution in [0.3, 0.4) is 0 Å². The number of ketones is 1. The average molecular weight is 554 g/mol. The first-order valence-electron chi connectivity index (χ1n) is 11.6. The van der Waals surface area contributed by atoms with Crippen molar-refractivity contribution in [3.05, 3.63) is 86.5 Å². The molecule has 1 amide bonds. The summed E-state index contributed by atoms with van der Waals surface area (Å²) in [4.78, 5) is 30.1. The molecule has 0 aliphatic heterocycles. The van der Waals surface area contributed by atoms with Crippen molar-refractivity contribution in [2.45, 2.75) is 43.7 Å². The molecular formula is C28H25Cl2N3O3S. The molecule has 0 unspecified atom stereocenters. The lowest BCUT2D eigenvalue weighted by Crippen LogP contribution is -2.48. The first kappa shape index (κ1) is 27.2. The summed E-state index contributed by atoms with van der Waals surface area (Å²) >= 11 is 13.2. The minimum atomic E-state index is -1.39. The number of halogens is 2.